The Morgan fingerprint density at radius 2 is 1.79 bits per heavy atom. The molecule has 3 rings (SSSR count). The molecule has 1 atom stereocenters. The van der Waals surface area contributed by atoms with Gasteiger partial charge in [-0.15, -0.1) is 23.1 Å². The number of thioether (sulfide) groups is 1. The highest BCUT2D eigenvalue weighted by atomic mass is 32.2. The Bertz CT molecular complexity index is 1080. The van der Waals surface area contributed by atoms with Gasteiger partial charge in [0, 0.05) is 16.6 Å². The van der Waals surface area contributed by atoms with Gasteiger partial charge < -0.3 is 19.7 Å². The van der Waals surface area contributed by atoms with E-state index in [2.05, 4.69) is 5.32 Å². The number of hydrogen-bond donors (Lipinski definition) is 1. The van der Waals surface area contributed by atoms with Crippen LogP contribution in [0.25, 0.3) is 0 Å². The third-order valence-corrected chi connectivity index (χ3v) is 7.24. The number of ether oxygens (including phenoxy) is 2. The Hall–Kier alpha value is -2.85. The molecule has 2 amide bonds. The summed E-state index contributed by atoms with van der Waals surface area (Å²) >= 11 is 2.55. The molecule has 1 N–H and O–H groups in total. The van der Waals surface area contributed by atoms with Crippen LogP contribution in [-0.2, 0) is 19.1 Å². The minimum atomic E-state index is -0.640. The monoisotopic (exact) mass is 490 g/mol. The highest BCUT2D eigenvalue weighted by Crippen LogP contribution is 2.38. The maximum Gasteiger partial charge on any atom is 0.348 e. The molecule has 0 bridgehead atoms. The van der Waals surface area contributed by atoms with Crippen molar-refractivity contribution in [3.8, 4) is 0 Å². The smallest absolute Gasteiger partial charge is 0.348 e. The Kier molecular flexibility index (Phi) is 8.15. The summed E-state index contributed by atoms with van der Waals surface area (Å²) in [6.45, 7) is 7.04. The van der Waals surface area contributed by atoms with Crippen molar-refractivity contribution < 1.29 is 28.7 Å². The van der Waals surface area contributed by atoms with Gasteiger partial charge in [0.25, 0.3) is 0 Å². The van der Waals surface area contributed by atoms with Gasteiger partial charge in [-0.1, -0.05) is 19.1 Å². The standard InChI is InChI=1S/C23H26N2O6S2/c1-5-30-22(28)19-14(4)20(23(29)31-6-2)33-21(19)24-17(26)12-25-15-9-7-8-10-16(15)32-13(3)11-18(25)27/h7-10,13H,5-6,11-12H2,1-4H3,(H,24,26)/t13-/m1/s1. The van der Waals surface area contributed by atoms with Crippen LogP contribution in [0.3, 0.4) is 0 Å². The molecule has 2 heterocycles. The molecule has 0 saturated heterocycles. The fourth-order valence-electron chi connectivity index (χ4n) is 3.45. The zero-order valence-electron chi connectivity index (χ0n) is 18.9. The van der Waals surface area contributed by atoms with Gasteiger partial charge in [0.05, 0.1) is 24.5 Å². The Labute approximate surface area is 200 Å². The van der Waals surface area contributed by atoms with E-state index in [1.165, 1.54) is 4.90 Å². The van der Waals surface area contributed by atoms with Gasteiger partial charge in [0.1, 0.15) is 16.4 Å². The Morgan fingerprint density at radius 3 is 2.48 bits per heavy atom. The molecule has 1 aliphatic heterocycles. The summed E-state index contributed by atoms with van der Waals surface area (Å²) in [6.07, 6.45) is 0.297. The molecule has 0 spiro atoms. The van der Waals surface area contributed by atoms with Crippen molar-refractivity contribution in [2.45, 2.75) is 44.3 Å². The highest BCUT2D eigenvalue weighted by Gasteiger charge is 2.30. The Balaban J connectivity index is 1.89. The molecule has 10 heteroatoms. The first-order valence-electron chi connectivity index (χ1n) is 10.6. The number of benzene rings is 1. The first-order valence-corrected chi connectivity index (χ1v) is 12.3. The van der Waals surface area contributed by atoms with Crippen molar-refractivity contribution in [2.75, 3.05) is 30.0 Å². The molecule has 0 aliphatic carbocycles. The maximum absolute atomic E-state index is 13.0. The molecule has 1 aromatic heterocycles. The zero-order chi connectivity index (χ0) is 24.1. The predicted octanol–water partition coefficient (Wildman–Crippen LogP) is 4.27. The van der Waals surface area contributed by atoms with Gasteiger partial charge in [0.2, 0.25) is 11.8 Å². The molecule has 0 radical (unpaired) electrons. The number of para-hydroxylation sites is 1. The average Bonchev–Trinajstić information content (AvgIpc) is 3.02. The lowest BCUT2D eigenvalue weighted by atomic mass is 10.1. The topological polar surface area (TPSA) is 102 Å². The number of thiophene rings is 1. The minimum Gasteiger partial charge on any atom is -0.462 e. The zero-order valence-corrected chi connectivity index (χ0v) is 20.6. The van der Waals surface area contributed by atoms with Crippen molar-refractivity contribution in [3.63, 3.8) is 0 Å². The van der Waals surface area contributed by atoms with Crippen LogP contribution in [-0.4, -0.2) is 48.8 Å². The van der Waals surface area contributed by atoms with E-state index in [1.807, 2.05) is 31.2 Å². The van der Waals surface area contributed by atoms with E-state index in [0.29, 0.717) is 17.7 Å². The largest absolute Gasteiger partial charge is 0.462 e. The van der Waals surface area contributed by atoms with Crippen LogP contribution in [0.1, 0.15) is 52.8 Å². The maximum atomic E-state index is 13.0. The van der Waals surface area contributed by atoms with Gasteiger partial charge in [-0.05, 0) is 38.5 Å². The first-order chi connectivity index (χ1) is 15.8. The van der Waals surface area contributed by atoms with E-state index in [1.54, 1.807) is 32.5 Å². The molecule has 0 saturated carbocycles. The summed E-state index contributed by atoms with van der Waals surface area (Å²) in [5, 5.41) is 2.98. The van der Waals surface area contributed by atoms with Crippen LogP contribution in [0.15, 0.2) is 29.2 Å². The minimum absolute atomic E-state index is 0.0780. The second kappa shape index (κ2) is 10.8. The van der Waals surface area contributed by atoms with Crippen LogP contribution in [0.2, 0.25) is 0 Å². The Morgan fingerprint density at radius 1 is 1.12 bits per heavy atom. The van der Waals surface area contributed by atoms with E-state index in [4.69, 9.17) is 9.47 Å². The van der Waals surface area contributed by atoms with Crippen LogP contribution in [0, 0.1) is 6.92 Å². The predicted molar refractivity (Wildman–Crippen MR) is 128 cm³/mol. The van der Waals surface area contributed by atoms with E-state index in [0.717, 1.165) is 16.2 Å². The molecule has 0 unspecified atom stereocenters. The van der Waals surface area contributed by atoms with Gasteiger partial charge in [0.15, 0.2) is 0 Å². The van der Waals surface area contributed by atoms with Crippen molar-refractivity contribution in [1.29, 1.82) is 0 Å². The normalized spacial score (nSPS) is 15.5. The lowest BCUT2D eigenvalue weighted by molar-refractivity contribution is -0.121. The second-order valence-electron chi connectivity index (χ2n) is 7.33. The lowest BCUT2D eigenvalue weighted by Gasteiger charge is -2.22. The van der Waals surface area contributed by atoms with Crippen molar-refractivity contribution in [2.24, 2.45) is 0 Å². The fraction of sp³-hybridized carbons (Fsp3) is 0.391. The summed E-state index contributed by atoms with van der Waals surface area (Å²) in [7, 11) is 0. The number of nitrogens with zero attached hydrogens (tertiary/aromatic N) is 1. The first kappa shape index (κ1) is 24.8. The van der Waals surface area contributed by atoms with Crippen LogP contribution in [0.4, 0.5) is 10.7 Å². The van der Waals surface area contributed by atoms with E-state index < -0.39 is 17.8 Å². The van der Waals surface area contributed by atoms with Gasteiger partial charge in [-0.2, -0.15) is 0 Å². The number of esters is 2. The number of carbonyl (C=O) groups excluding carboxylic acids is 4. The van der Waals surface area contributed by atoms with E-state index in [-0.39, 0.29) is 46.4 Å². The molecule has 33 heavy (non-hydrogen) atoms. The number of carbonyl (C=O) groups is 4. The third-order valence-electron chi connectivity index (χ3n) is 4.89. The number of nitrogens with one attached hydrogen (secondary N) is 1. The number of hydrogen-bond acceptors (Lipinski definition) is 8. The van der Waals surface area contributed by atoms with Crippen LogP contribution < -0.4 is 10.2 Å². The molecule has 0 fully saturated rings. The molecule has 8 nitrogen and oxygen atoms in total. The van der Waals surface area contributed by atoms with Gasteiger partial charge >= 0.3 is 11.9 Å². The van der Waals surface area contributed by atoms with Crippen molar-refractivity contribution in [1.82, 2.24) is 0 Å². The molecular formula is C23H26N2O6S2. The summed E-state index contributed by atoms with van der Waals surface area (Å²) < 4.78 is 10.2. The van der Waals surface area contributed by atoms with Crippen LogP contribution in [0.5, 0.6) is 0 Å². The van der Waals surface area contributed by atoms with Crippen molar-refractivity contribution in [3.05, 3.63) is 40.3 Å². The summed E-state index contributed by atoms with van der Waals surface area (Å²) in [5.74, 6) is -1.86. The SMILES string of the molecule is CCOC(=O)c1sc(NC(=O)CN2C(=O)C[C@@H](C)Sc3ccccc32)c(C(=O)OCC)c1C. The number of fused-ring (bicyclic) bond motifs is 1. The second-order valence-corrected chi connectivity index (χ2v) is 9.83. The number of rotatable bonds is 7. The van der Waals surface area contributed by atoms with E-state index >= 15 is 0 Å². The molecular weight excluding hydrogens is 464 g/mol. The summed E-state index contributed by atoms with van der Waals surface area (Å²) in [5.41, 5.74) is 1.17. The summed E-state index contributed by atoms with van der Waals surface area (Å²) in [6, 6.07) is 7.45. The number of amides is 2. The average molecular weight is 491 g/mol. The summed E-state index contributed by atoms with van der Waals surface area (Å²) in [4.78, 5) is 53.4. The number of anilines is 2. The van der Waals surface area contributed by atoms with Gasteiger partial charge in [-0.3, -0.25) is 9.59 Å². The lowest BCUT2D eigenvalue weighted by Crippen LogP contribution is -2.38. The molecule has 1 aliphatic rings. The van der Waals surface area contributed by atoms with Crippen LogP contribution >= 0.6 is 23.1 Å². The molecule has 1 aromatic carbocycles. The van der Waals surface area contributed by atoms with E-state index in [9.17, 15) is 19.2 Å². The molecule has 2 aromatic rings. The fourth-order valence-corrected chi connectivity index (χ4v) is 5.67. The third kappa shape index (κ3) is 5.56. The molecule has 176 valence electrons. The quantitative estimate of drug-likeness (QED) is 0.579. The highest BCUT2D eigenvalue weighted by molar-refractivity contribution is 8.00. The van der Waals surface area contributed by atoms with Crippen molar-refractivity contribution >= 4 is 57.5 Å². The van der Waals surface area contributed by atoms with Gasteiger partial charge in [-0.25, -0.2) is 9.59 Å².